The standard InChI is InChI=1S/C25H35FN2O/c26-17-23-10-19-11-24(14-23,20-4-2-1-3-5-20)16-25(12-19,15-23)22(29)28-21-8-6-18(13-27)7-9-21/h1-5,18-19,21H,6-17,27H2,(H,28,29)/t18-,19?,21-,23-,24+,25?/m0/s1. The zero-order chi connectivity index (χ0) is 20.1. The first-order chi connectivity index (χ1) is 14.0. The SMILES string of the molecule is NC[C@H]1CC[C@H](NC(=O)C23CC4C[C@@](CF)(C2)C[C@](c2ccccc2)(C4)C3)CC1. The lowest BCUT2D eigenvalue weighted by atomic mass is 9.38. The van der Waals surface area contributed by atoms with Crippen molar-refractivity contribution in [2.75, 3.05) is 13.2 Å². The molecule has 1 aromatic rings. The van der Waals surface area contributed by atoms with E-state index in [9.17, 15) is 9.18 Å². The van der Waals surface area contributed by atoms with Crippen LogP contribution in [0.15, 0.2) is 30.3 Å². The maximum Gasteiger partial charge on any atom is 0.226 e. The molecule has 0 heterocycles. The maximum absolute atomic E-state index is 14.5. The topological polar surface area (TPSA) is 55.1 Å². The molecule has 2 unspecified atom stereocenters. The van der Waals surface area contributed by atoms with Crippen molar-refractivity contribution in [2.45, 2.75) is 75.7 Å². The smallest absolute Gasteiger partial charge is 0.226 e. The molecule has 4 heteroatoms. The minimum Gasteiger partial charge on any atom is -0.353 e. The van der Waals surface area contributed by atoms with E-state index < -0.39 is 0 Å². The Morgan fingerprint density at radius 3 is 2.48 bits per heavy atom. The number of nitrogens with one attached hydrogen (secondary N) is 1. The van der Waals surface area contributed by atoms with Gasteiger partial charge in [0.15, 0.2) is 0 Å². The van der Waals surface area contributed by atoms with Crippen LogP contribution in [0, 0.1) is 22.7 Å². The Morgan fingerprint density at radius 1 is 1.03 bits per heavy atom. The Bertz CT molecular complexity index is 761. The molecule has 0 saturated heterocycles. The van der Waals surface area contributed by atoms with E-state index >= 15 is 0 Å². The molecule has 0 radical (unpaired) electrons. The summed E-state index contributed by atoms with van der Waals surface area (Å²) < 4.78 is 14.5. The van der Waals surface area contributed by atoms with Crippen molar-refractivity contribution in [3.8, 4) is 0 Å². The third-order valence-electron chi connectivity index (χ3n) is 8.85. The Labute approximate surface area is 174 Å². The number of nitrogens with two attached hydrogens (primary N) is 1. The molecular formula is C25H35FN2O. The van der Waals surface area contributed by atoms with E-state index in [0.29, 0.717) is 11.8 Å². The van der Waals surface area contributed by atoms with E-state index in [0.717, 1.165) is 70.8 Å². The number of hydrogen-bond acceptors (Lipinski definition) is 2. The van der Waals surface area contributed by atoms with Gasteiger partial charge < -0.3 is 11.1 Å². The van der Waals surface area contributed by atoms with Crippen molar-refractivity contribution in [2.24, 2.45) is 28.4 Å². The average molecular weight is 399 g/mol. The molecular weight excluding hydrogens is 363 g/mol. The van der Waals surface area contributed by atoms with E-state index in [4.69, 9.17) is 5.73 Å². The minimum absolute atomic E-state index is 0.0265. The van der Waals surface area contributed by atoms with E-state index in [-0.39, 0.29) is 34.9 Å². The fourth-order valence-electron chi connectivity index (χ4n) is 8.03. The fraction of sp³-hybridized carbons (Fsp3) is 0.720. The Morgan fingerprint density at radius 2 is 1.79 bits per heavy atom. The highest BCUT2D eigenvalue weighted by molar-refractivity contribution is 5.84. The Kier molecular flexibility index (Phi) is 4.77. The number of rotatable bonds is 5. The van der Waals surface area contributed by atoms with Gasteiger partial charge in [-0.1, -0.05) is 30.3 Å². The number of benzene rings is 1. The van der Waals surface area contributed by atoms with Crippen LogP contribution in [0.1, 0.15) is 69.8 Å². The third kappa shape index (κ3) is 3.22. The summed E-state index contributed by atoms with van der Waals surface area (Å²) in [6, 6.07) is 10.9. The quantitative estimate of drug-likeness (QED) is 0.767. The van der Waals surface area contributed by atoms with Crippen molar-refractivity contribution in [1.82, 2.24) is 5.32 Å². The third-order valence-corrected chi connectivity index (χ3v) is 8.85. The van der Waals surface area contributed by atoms with Gasteiger partial charge in [0.05, 0.1) is 12.1 Å². The fourth-order valence-corrected chi connectivity index (χ4v) is 8.03. The van der Waals surface area contributed by atoms with Gasteiger partial charge in [0.1, 0.15) is 0 Å². The van der Waals surface area contributed by atoms with Gasteiger partial charge in [0.2, 0.25) is 5.91 Å². The predicted molar refractivity (Wildman–Crippen MR) is 113 cm³/mol. The van der Waals surface area contributed by atoms with Crippen LogP contribution in [0.3, 0.4) is 0 Å². The lowest BCUT2D eigenvalue weighted by Crippen LogP contribution is -2.64. The summed E-state index contributed by atoms with van der Waals surface area (Å²) in [4.78, 5) is 13.7. The molecule has 0 aromatic heterocycles. The van der Waals surface area contributed by atoms with Crippen molar-refractivity contribution < 1.29 is 9.18 Å². The zero-order valence-electron chi connectivity index (χ0n) is 17.5. The highest BCUT2D eigenvalue weighted by atomic mass is 19.1. The van der Waals surface area contributed by atoms with Crippen LogP contribution < -0.4 is 11.1 Å². The highest BCUT2D eigenvalue weighted by Crippen LogP contribution is 2.70. The first-order valence-electron chi connectivity index (χ1n) is 11.6. The molecule has 5 fully saturated rings. The van der Waals surface area contributed by atoms with Crippen molar-refractivity contribution in [3.63, 3.8) is 0 Å². The highest BCUT2D eigenvalue weighted by Gasteiger charge is 2.66. The molecule has 1 aromatic carbocycles. The van der Waals surface area contributed by atoms with Crippen molar-refractivity contribution in [3.05, 3.63) is 35.9 Å². The molecule has 29 heavy (non-hydrogen) atoms. The second kappa shape index (κ2) is 7.08. The summed E-state index contributed by atoms with van der Waals surface area (Å²) in [6.07, 6.45) is 9.87. The molecule has 5 aliphatic rings. The molecule has 4 bridgehead atoms. The molecule has 0 aliphatic heterocycles. The Hall–Kier alpha value is -1.42. The van der Waals surface area contributed by atoms with Crippen LogP contribution in [0.4, 0.5) is 4.39 Å². The van der Waals surface area contributed by atoms with Crippen LogP contribution in [0.25, 0.3) is 0 Å². The number of alkyl halides is 1. The molecule has 6 rings (SSSR count). The van der Waals surface area contributed by atoms with Crippen LogP contribution in [0.2, 0.25) is 0 Å². The maximum atomic E-state index is 14.5. The first kappa shape index (κ1) is 19.5. The summed E-state index contributed by atoms with van der Waals surface area (Å²) >= 11 is 0. The van der Waals surface area contributed by atoms with Crippen LogP contribution in [-0.2, 0) is 10.2 Å². The van der Waals surface area contributed by atoms with Gasteiger partial charge in [-0.2, -0.15) is 0 Å². The lowest BCUT2D eigenvalue weighted by molar-refractivity contribution is -0.166. The molecule has 3 nitrogen and oxygen atoms in total. The van der Waals surface area contributed by atoms with Crippen molar-refractivity contribution in [1.29, 1.82) is 0 Å². The van der Waals surface area contributed by atoms with E-state index in [1.807, 2.05) is 0 Å². The predicted octanol–water partition coefficient (Wildman–Crippen LogP) is 4.50. The monoisotopic (exact) mass is 398 g/mol. The summed E-state index contributed by atoms with van der Waals surface area (Å²) in [5, 5.41) is 3.43. The second-order valence-electron chi connectivity index (χ2n) is 11.0. The Balaban J connectivity index is 1.41. The normalized spacial score (nSPS) is 43.3. The van der Waals surface area contributed by atoms with Gasteiger partial charge in [0.25, 0.3) is 0 Å². The van der Waals surface area contributed by atoms with E-state index in [2.05, 4.69) is 35.6 Å². The summed E-state index contributed by atoms with van der Waals surface area (Å²) in [5.74, 6) is 1.30. The van der Waals surface area contributed by atoms with Gasteiger partial charge in [-0.25, -0.2) is 0 Å². The van der Waals surface area contributed by atoms with Gasteiger partial charge in [-0.3, -0.25) is 9.18 Å². The zero-order valence-corrected chi connectivity index (χ0v) is 17.5. The molecule has 0 spiro atoms. The number of halogens is 1. The molecule has 5 saturated carbocycles. The van der Waals surface area contributed by atoms with E-state index in [1.54, 1.807) is 0 Å². The molecule has 5 aliphatic carbocycles. The minimum atomic E-state index is -0.383. The average Bonchev–Trinajstić information content (AvgIpc) is 2.74. The number of carbonyl (C=O) groups excluding carboxylic acids is 1. The number of amides is 1. The van der Waals surface area contributed by atoms with Gasteiger partial charge in [0, 0.05) is 11.5 Å². The van der Waals surface area contributed by atoms with E-state index in [1.165, 1.54) is 5.56 Å². The first-order valence-corrected chi connectivity index (χ1v) is 11.6. The number of carbonyl (C=O) groups is 1. The summed E-state index contributed by atoms with van der Waals surface area (Å²) in [5.41, 5.74) is 6.44. The van der Waals surface area contributed by atoms with Crippen LogP contribution >= 0.6 is 0 Å². The summed E-state index contributed by atoms with van der Waals surface area (Å²) in [6.45, 7) is 0.472. The largest absolute Gasteiger partial charge is 0.353 e. The molecule has 3 N–H and O–H groups in total. The van der Waals surface area contributed by atoms with Gasteiger partial charge >= 0.3 is 0 Å². The van der Waals surface area contributed by atoms with Crippen LogP contribution in [-0.4, -0.2) is 25.2 Å². The van der Waals surface area contributed by atoms with Gasteiger partial charge in [-0.15, -0.1) is 0 Å². The van der Waals surface area contributed by atoms with Gasteiger partial charge in [-0.05, 0) is 93.6 Å². The molecule has 4 atom stereocenters. The molecule has 158 valence electrons. The number of hydrogen-bond donors (Lipinski definition) is 2. The van der Waals surface area contributed by atoms with Crippen LogP contribution in [0.5, 0.6) is 0 Å². The second-order valence-corrected chi connectivity index (χ2v) is 11.0. The lowest BCUT2D eigenvalue weighted by Gasteiger charge is -2.65. The molecule has 1 amide bonds. The summed E-state index contributed by atoms with van der Waals surface area (Å²) in [7, 11) is 0. The van der Waals surface area contributed by atoms with Crippen molar-refractivity contribution >= 4 is 5.91 Å².